The SMILES string of the molecule is Cl.O=C(NCCCC(F)(F)F)C1CSCN1. The summed E-state index contributed by atoms with van der Waals surface area (Å²) in [6.45, 7) is 0.0845. The molecule has 1 aliphatic rings. The van der Waals surface area contributed by atoms with E-state index in [2.05, 4.69) is 10.6 Å². The summed E-state index contributed by atoms with van der Waals surface area (Å²) in [5.41, 5.74) is 0. The number of nitrogens with one attached hydrogen (secondary N) is 2. The normalized spacial score (nSPS) is 20.3. The van der Waals surface area contributed by atoms with Gasteiger partial charge in [-0.3, -0.25) is 10.1 Å². The van der Waals surface area contributed by atoms with Crippen molar-refractivity contribution in [3.05, 3.63) is 0 Å². The van der Waals surface area contributed by atoms with E-state index in [1.165, 1.54) is 0 Å². The molecule has 1 aliphatic heterocycles. The summed E-state index contributed by atoms with van der Waals surface area (Å²) in [5.74, 6) is 1.20. The molecule has 0 aromatic rings. The Morgan fingerprint density at radius 2 is 2.19 bits per heavy atom. The predicted molar refractivity (Wildman–Crippen MR) is 59.8 cm³/mol. The molecule has 0 aromatic heterocycles. The maximum Gasteiger partial charge on any atom is 0.389 e. The molecular weight excluding hydrogens is 265 g/mol. The van der Waals surface area contributed by atoms with Crippen LogP contribution in [-0.2, 0) is 4.79 Å². The number of amides is 1. The second-order valence-corrected chi connectivity index (χ2v) is 4.31. The number of hydrogen-bond acceptors (Lipinski definition) is 3. The zero-order valence-corrected chi connectivity index (χ0v) is 10.1. The number of thioether (sulfide) groups is 1. The van der Waals surface area contributed by atoms with Gasteiger partial charge in [0.25, 0.3) is 0 Å². The number of halogens is 4. The lowest BCUT2D eigenvalue weighted by Gasteiger charge is -2.11. The second kappa shape index (κ2) is 7.24. The molecule has 0 saturated carbocycles. The zero-order chi connectivity index (χ0) is 11.3. The van der Waals surface area contributed by atoms with E-state index in [1.807, 2.05) is 0 Å². The smallest absolute Gasteiger partial charge is 0.355 e. The topological polar surface area (TPSA) is 41.1 Å². The molecule has 1 amide bonds. The molecule has 1 saturated heterocycles. The fourth-order valence-corrected chi connectivity index (χ4v) is 2.13. The summed E-state index contributed by atoms with van der Waals surface area (Å²) in [7, 11) is 0. The molecule has 1 unspecified atom stereocenters. The molecule has 3 nitrogen and oxygen atoms in total. The van der Waals surface area contributed by atoms with Crippen LogP contribution in [0.5, 0.6) is 0 Å². The van der Waals surface area contributed by atoms with E-state index in [-0.39, 0.29) is 37.3 Å². The van der Waals surface area contributed by atoms with Gasteiger partial charge in [0.05, 0.1) is 6.04 Å². The van der Waals surface area contributed by atoms with Crippen LogP contribution in [0.3, 0.4) is 0 Å². The minimum Gasteiger partial charge on any atom is -0.355 e. The average molecular weight is 279 g/mol. The van der Waals surface area contributed by atoms with Crippen molar-refractivity contribution < 1.29 is 18.0 Å². The van der Waals surface area contributed by atoms with Crippen LogP contribution in [-0.4, -0.2) is 36.3 Å². The highest BCUT2D eigenvalue weighted by atomic mass is 35.5. The molecule has 0 aliphatic carbocycles. The summed E-state index contributed by atoms with van der Waals surface area (Å²) >= 11 is 1.60. The molecule has 16 heavy (non-hydrogen) atoms. The van der Waals surface area contributed by atoms with E-state index in [1.54, 1.807) is 11.8 Å². The molecule has 1 fully saturated rings. The monoisotopic (exact) mass is 278 g/mol. The molecule has 2 N–H and O–H groups in total. The fourth-order valence-electron chi connectivity index (χ4n) is 1.19. The second-order valence-electron chi connectivity index (χ2n) is 3.28. The van der Waals surface area contributed by atoms with Gasteiger partial charge in [-0.1, -0.05) is 0 Å². The van der Waals surface area contributed by atoms with Crippen molar-refractivity contribution in [3.8, 4) is 0 Å². The maximum absolute atomic E-state index is 11.8. The first-order chi connectivity index (χ1) is 6.99. The van der Waals surface area contributed by atoms with Crippen LogP contribution in [0.15, 0.2) is 0 Å². The molecule has 96 valence electrons. The average Bonchev–Trinajstić information content (AvgIpc) is 2.63. The fraction of sp³-hybridized carbons (Fsp3) is 0.875. The summed E-state index contributed by atoms with van der Waals surface area (Å²) in [5, 5.41) is 5.42. The Hall–Kier alpha value is -0.140. The Bertz CT molecular complexity index is 222. The van der Waals surface area contributed by atoms with Crippen molar-refractivity contribution in [2.45, 2.75) is 25.1 Å². The van der Waals surface area contributed by atoms with Gasteiger partial charge in [0.2, 0.25) is 5.91 Å². The summed E-state index contributed by atoms with van der Waals surface area (Å²) < 4.78 is 35.3. The van der Waals surface area contributed by atoms with Crippen LogP contribution >= 0.6 is 24.2 Å². The van der Waals surface area contributed by atoms with Crippen LogP contribution in [0, 0.1) is 0 Å². The lowest BCUT2D eigenvalue weighted by molar-refractivity contribution is -0.136. The third-order valence-electron chi connectivity index (χ3n) is 1.97. The summed E-state index contributed by atoms with van der Waals surface area (Å²) in [6.07, 6.45) is -5.04. The van der Waals surface area contributed by atoms with Crippen molar-refractivity contribution in [2.24, 2.45) is 0 Å². The van der Waals surface area contributed by atoms with E-state index in [0.29, 0.717) is 5.75 Å². The Kier molecular flexibility index (Phi) is 7.17. The molecule has 0 aromatic carbocycles. The highest BCUT2D eigenvalue weighted by Gasteiger charge is 2.26. The molecule has 1 heterocycles. The van der Waals surface area contributed by atoms with Gasteiger partial charge in [-0.2, -0.15) is 13.2 Å². The van der Waals surface area contributed by atoms with Crippen LogP contribution in [0.25, 0.3) is 0 Å². The molecule has 8 heteroatoms. The van der Waals surface area contributed by atoms with E-state index in [9.17, 15) is 18.0 Å². The standard InChI is InChI=1S/C8H13F3N2OS.ClH/c9-8(10,11)2-1-3-12-7(14)6-4-15-5-13-6;/h6,13H,1-5H2,(H,12,14);1H. The van der Waals surface area contributed by atoms with Gasteiger partial charge in [-0.25, -0.2) is 0 Å². The first kappa shape index (κ1) is 15.9. The van der Waals surface area contributed by atoms with Gasteiger partial charge in [-0.05, 0) is 6.42 Å². The maximum atomic E-state index is 11.8. The molecule has 1 atom stereocenters. The first-order valence-corrected chi connectivity index (χ1v) is 5.80. The number of carbonyl (C=O) groups is 1. The van der Waals surface area contributed by atoms with Crippen LogP contribution < -0.4 is 10.6 Å². The van der Waals surface area contributed by atoms with Gasteiger partial charge in [0.1, 0.15) is 0 Å². The van der Waals surface area contributed by atoms with E-state index < -0.39 is 12.6 Å². The lowest BCUT2D eigenvalue weighted by Crippen LogP contribution is -2.42. The van der Waals surface area contributed by atoms with E-state index in [4.69, 9.17) is 0 Å². The van der Waals surface area contributed by atoms with Gasteiger partial charge < -0.3 is 5.32 Å². The summed E-state index contributed by atoms with van der Waals surface area (Å²) in [4.78, 5) is 11.3. The van der Waals surface area contributed by atoms with Crippen molar-refractivity contribution in [2.75, 3.05) is 18.2 Å². The van der Waals surface area contributed by atoms with Crippen LogP contribution in [0.2, 0.25) is 0 Å². The minimum absolute atomic E-state index is 0. The molecule has 1 rings (SSSR count). The number of carbonyl (C=O) groups excluding carboxylic acids is 1. The largest absolute Gasteiger partial charge is 0.389 e. The van der Waals surface area contributed by atoms with Gasteiger partial charge in [0, 0.05) is 24.6 Å². The minimum atomic E-state index is -4.13. The van der Waals surface area contributed by atoms with Gasteiger partial charge >= 0.3 is 6.18 Å². The molecular formula is C8H14ClF3N2OS. The van der Waals surface area contributed by atoms with Crippen LogP contribution in [0.4, 0.5) is 13.2 Å². The third-order valence-corrected chi connectivity index (χ3v) is 2.91. The quantitative estimate of drug-likeness (QED) is 0.767. The lowest BCUT2D eigenvalue weighted by atomic mass is 10.3. The molecule has 0 radical (unpaired) electrons. The Labute approximate surface area is 102 Å². The highest BCUT2D eigenvalue weighted by molar-refractivity contribution is 7.99. The Morgan fingerprint density at radius 1 is 1.50 bits per heavy atom. The summed E-state index contributed by atoms with van der Waals surface area (Å²) in [6, 6.07) is -0.249. The van der Waals surface area contributed by atoms with Crippen molar-refractivity contribution in [1.82, 2.24) is 10.6 Å². The van der Waals surface area contributed by atoms with E-state index >= 15 is 0 Å². The Morgan fingerprint density at radius 3 is 2.69 bits per heavy atom. The zero-order valence-electron chi connectivity index (χ0n) is 8.47. The molecule has 0 bridgehead atoms. The Balaban J connectivity index is 0.00000225. The molecule has 0 spiro atoms. The van der Waals surface area contributed by atoms with Gasteiger partial charge in [-0.15, -0.1) is 24.2 Å². The number of hydrogen-bond donors (Lipinski definition) is 2. The van der Waals surface area contributed by atoms with Crippen molar-refractivity contribution in [3.63, 3.8) is 0 Å². The van der Waals surface area contributed by atoms with Crippen LogP contribution in [0.1, 0.15) is 12.8 Å². The number of rotatable bonds is 4. The highest BCUT2D eigenvalue weighted by Crippen LogP contribution is 2.20. The third kappa shape index (κ3) is 6.44. The van der Waals surface area contributed by atoms with Crippen molar-refractivity contribution >= 4 is 30.1 Å². The van der Waals surface area contributed by atoms with E-state index in [0.717, 1.165) is 5.88 Å². The predicted octanol–water partition coefficient (Wildman–Crippen LogP) is 1.53. The number of alkyl halides is 3. The first-order valence-electron chi connectivity index (χ1n) is 4.64. The van der Waals surface area contributed by atoms with Crippen molar-refractivity contribution in [1.29, 1.82) is 0 Å². The van der Waals surface area contributed by atoms with Gasteiger partial charge in [0.15, 0.2) is 0 Å².